The van der Waals surface area contributed by atoms with Gasteiger partial charge in [0.15, 0.2) is 0 Å². The van der Waals surface area contributed by atoms with Crippen molar-refractivity contribution in [3.8, 4) is 39.3 Å². The van der Waals surface area contributed by atoms with Crippen LogP contribution in [-0.4, -0.2) is 9.55 Å². The summed E-state index contributed by atoms with van der Waals surface area (Å²) in [6.45, 7) is 0. The average molecular weight is 587 g/mol. The number of aromatic nitrogens is 2. The van der Waals surface area contributed by atoms with Gasteiger partial charge in [-0.05, 0) is 68.8 Å². The van der Waals surface area contributed by atoms with Crippen LogP contribution in [0.2, 0.25) is 0 Å². The number of nitrogens with zero attached hydrogens (tertiary/aromatic N) is 2. The fourth-order valence-electron chi connectivity index (χ4n) is 7.55. The lowest BCUT2D eigenvalue weighted by Gasteiger charge is -2.33. The smallest absolute Gasteiger partial charge is 0.138 e. The van der Waals surface area contributed by atoms with E-state index in [0.717, 1.165) is 28.2 Å². The molecule has 0 fully saturated rings. The van der Waals surface area contributed by atoms with E-state index in [2.05, 4.69) is 181 Å². The minimum absolute atomic E-state index is 0.420. The van der Waals surface area contributed by atoms with Gasteiger partial charge in [-0.25, -0.2) is 4.98 Å². The zero-order chi connectivity index (χ0) is 30.5. The third-order valence-corrected chi connectivity index (χ3v) is 9.53. The van der Waals surface area contributed by atoms with Crippen molar-refractivity contribution in [3.05, 3.63) is 204 Å². The van der Waals surface area contributed by atoms with Gasteiger partial charge in [0.25, 0.3) is 0 Å². The molecule has 0 bridgehead atoms. The third-order valence-electron chi connectivity index (χ3n) is 9.53. The summed E-state index contributed by atoms with van der Waals surface area (Å²) < 4.78 is 2.25. The lowest BCUT2D eigenvalue weighted by Crippen LogP contribution is -2.28. The first-order valence-electron chi connectivity index (χ1n) is 15.8. The molecule has 0 saturated carbocycles. The molecule has 2 nitrogen and oxygen atoms in total. The Morgan fingerprint density at radius 1 is 0.457 bits per heavy atom. The molecule has 0 unspecified atom stereocenters. The van der Waals surface area contributed by atoms with Gasteiger partial charge >= 0.3 is 0 Å². The van der Waals surface area contributed by atoms with Crippen LogP contribution in [0.3, 0.4) is 0 Å². The van der Waals surface area contributed by atoms with Gasteiger partial charge in [-0.3, -0.25) is 0 Å². The molecule has 0 N–H and O–H groups in total. The molecule has 2 heterocycles. The molecule has 1 aliphatic carbocycles. The predicted molar refractivity (Wildman–Crippen MR) is 189 cm³/mol. The fourth-order valence-corrected chi connectivity index (χ4v) is 7.55. The van der Waals surface area contributed by atoms with Gasteiger partial charge < -0.3 is 4.57 Å². The van der Waals surface area contributed by atoms with Crippen molar-refractivity contribution in [3.63, 3.8) is 0 Å². The molecule has 2 heteroatoms. The molecule has 0 spiro atoms. The number of hydrogen-bond donors (Lipinski definition) is 0. The highest BCUT2D eigenvalue weighted by atomic mass is 15.1. The molecule has 0 aliphatic heterocycles. The average Bonchev–Trinajstić information content (AvgIpc) is 3.71. The molecule has 8 aromatic rings. The minimum Gasteiger partial charge on any atom is -0.301 e. The molecule has 9 rings (SSSR count). The van der Waals surface area contributed by atoms with Gasteiger partial charge in [-0.15, -0.1) is 0 Å². The highest BCUT2D eigenvalue weighted by molar-refractivity contribution is 6.03. The van der Waals surface area contributed by atoms with Crippen LogP contribution >= 0.6 is 0 Å². The van der Waals surface area contributed by atoms with Gasteiger partial charge in [0.2, 0.25) is 0 Å². The maximum atomic E-state index is 5.25. The Kier molecular flexibility index (Phi) is 6.07. The second kappa shape index (κ2) is 10.6. The number of hydrogen-bond acceptors (Lipinski definition) is 1. The summed E-state index contributed by atoms with van der Waals surface area (Å²) >= 11 is 0. The molecule has 6 aromatic carbocycles. The van der Waals surface area contributed by atoms with Gasteiger partial charge in [0.05, 0.1) is 16.6 Å². The monoisotopic (exact) mass is 586 g/mol. The summed E-state index contributed by atoms with van der Waals surface area (Å²) in [7, 11) is 0. The zero-order valence-electron chi connectivity index (χ0n) is 25.2. The largest absolute Gasteiger partial charge is 0.301 e. The Balaban J connectivity index is 1.31. The first-order chi connectivity index (χ1) is 22.8. The predicted octanol–water partition coefficient (Wildman–Crippen LogP) is 10.7. The van der Waals surface area contributed by atoms with E-state index in [9.17, 15) is 0 Å². The van der Waals surface area contributed by atoms with Crippen LogP contribution in [0.4, 0.5) is 0 Å². The van der Waals surface area contributed by atoms with Crippen molar-refractivity contribution in [2.24, 2.45) is 0 Å². The van der Waals surface area contributed by atoms with Gasteiger partial charge in [-0.1, -0.05) is 152 Å². The topological polar surface area (TPSA) is 17.8 Å². The molecule has 0 amide bonds. The molecule has 0 radical (unpaired) electrons. The summed E-state index contributed by atoms with van der Waals surface area (Å²) in [5, 5.41) is 1.23. The van der Waals surface area contributed by atoms with Crippen LogP contribution in [0, 0.1) is 0 Å². The van der Waals surface area contributed by atoms with Gasteiger partial charge in [0, 0.05) is 17.1 Å². The Morgan fingerprint density at radius 2 is 1.04 bits per heavy atom. The van der Waals surface area contributed by atoms with Crippen molar-refractivity contribution >= 4 is 10.9 Å². The minimum atomic E-state index is -0.420. The van der Waals surface area contributed by atoms with Crippen molar-refractivity contribution in [1.82, 2.24) is 9.55 Å². The Morgan fingerprint density at radius 3 is 1.72 bits per heavy atom. The van der Waals surface area contributed by atoms with E-state index >= 15 is 0 Å². The molecular weight excluding hydrogens is 556 g/mol. The van der Waals surface area contributed by atoms with E-state index in [0.29, 0.717) is 0 Å². The molecule has 46 heavy (non-hydrogen) atoms. The van der Waals surface area contributed by atoms with E-state index in [-0.39, 0.29) is 0 Å². The normalized spacial score (nSPS) is 13.0. The maximum Gasteiger partial charge on any atom is 0.138 e. The van der Waals surface area contributed by atoms with E-state index < -0.39 is 5.41 Å². The highest BCUT2D eigenvalue weighted by Crippen LogP contribution is 2.57. The van der Waals surface area contributed by atoms with Crippen LogP contribution in [0.25, 0.3) is 50.2 Å². The fraction of sp³-hybridized carbons (Fsp3) is 0.0227. The number of benzene rings is 6. The van der Waals surface area contributed by atoms with Gasteiger partial charge in [0.1, 0.15) is 5.82 Å². The summed E-state index contributed by atoms with van der Waals surface area (Å²) in [6.07, 6.45) is 2.18. The highest BCUT2D eigenvalue weighted by Gasteiger charge is 2.46. The summed E-state index contributed by atoms with van der Waals surface area (Å²) in [6, 6.07) is 63.3. The third kappa shape index (κ3) is 3.94. The lowest BCUT2D eigenvalue weighted by atomic mass is 9.67. The zero-order valence-corrected chi connectivity index (χ0v) is 25.2. The van der Waals surface area contributed by atoms with Crippen molar-refractivity contribution in [2.75, 3.05) is 0 Å². The van der Waals surface area contributed by atoms with Crippen LogP contribution in [0.1, 0.15) is 22.3 Å². The summed E-state index contributed by atoms with van der Waals surface area (Å²) in [5.74, 6) is 0.902. The van der Waals surface area contributed by atoms with E-state index in [1.807, 2.05) is 6.07 Å². The molecule has 216 valence electrons. The van der Waals surface area contributed by atoms with Crippen LogP contribution in [0.5, 0.6) is 0 Å². The first kappa shape index (κ1) is 26.4. The number of rotatable bonds is 5. The molecule has 0 atom stereocenters. The Labute approximate surface area is 268 Å². The van der Waals surface area contributed by atoms with Crippen LogP contribution in [0.15, 0.2) is 182 Å². The van der Waals surface area contributed by atoms with Crippen LogP contribution in [-0.2, 0) is 5.41 Å². The maximum absolute atomic E-state index is 5.25. The molecule has 0 saturated heterocycles. The number of pyridine rings is 1. The van der Waals surface area contributed by atoms with Crippen molar-refractivity contribution in [2.45, 2.75) is 5.41 Å². The first-order valence-corrected chi connectivity index (χ1v) is 15.8. The van der Waals surface area contributed by atoms with E-state index in [1.54, 1.807) is 0 Å². The quantitative estimate of drug-likeness (QED) is 0.196. The molecule has 2 aromatic heterocycles. The van der Waals surface area contributed by atoms with Crippen molar-refractivity contribution in [1.29, 1.82) is 0 Å². The van der Waals surface area contributed by atoms with E-state index in [4.69, 9.17) is 4.98 Å². The summed E-state index contributed by atoms with van der Waals surface area (Å²) in [5.41, 5.74) is 12.8. The molecule has 1 aliphatic rings. The van der Waals surface area contributed by atoms with Crippen LogP contribution < -0.4 is 0 Å². The van der Waals surface area contributed by atoms with Crippen molar-refractivity contribution < 1.29 is 0 Å². The Bertz CT molecular complexity index is 2240. The second-order valence-electron chi connectivity index (χ2n) is 12.0. The Hall–Kier alpha value is -5.99. The SMILES string of the molecule is c1ccc(-c2cc(-c3ccccc3)nc(-n3ccc4c5c(ccc43)C(c3ccccc3)(c3ccccc3)c3ccccc3-5)c2)cc1. The summed E-state index contributed by atoms with van der Waals surface area (Å²) in [4.78, 5) is 5.25. The van der Waals surface area contributed by atoms with Gasteiger partial charge in [-0.2, -0.15) is 0 Å². The second-order valence-corrected chi connectivity index (χ2v) is 12.0. The lowest BCUT2D eigenvalue weighted by molar-refractivity contribution is 0.769. The number of fused-ring (bicyclic) bond motifs is 5. The van der Waals surface area contributed by atoms with E-state index in [1.165, 1.54) is 44.3 Å². The standard InChI is InChI=1S/C44H30N2/c1-5-15-31(16-6-1)33-29-40(32-17-7-2-8-18-32)45-42(30-33)46-28-27-37-41(46)26-25-39-43(37)36-23-13-14-24-38(36)44(39,34-19-9-3-10-20-34)35-21-11-4-12-22-35/h1-30H. The molecular formula is C44H30N2.